The second-order valence-corrected chi connectivity index (χ2v) is 7.22. The Kier molecular flexibility index (Phi) is 8.56. The van der Waals surface area contributed by atoms with Crippen molar-refractivity contribution in [1.82, 2.24) is 0 Å². The third-order valence-electron chi connectivity index (χ3n) is 5.63. The molecule has 1 saturated heterocycles. The van der Waals surface area contributed by atoms with Gasteiger partial charge in [0.15, 0.2) is 6.29 Å². The number of rotatable bonds is 7. The van der Waals surface area contributed by atoms with Crippen LogP contribution < -0.4 is 0 Å². The molecule has 0 amide bonds. The van der Waals surface area contributed by atoms with Gasteiger partial charge in [0.2, 0.25) is 0 Å². The topological polar surface area (TPSA) is 152 Å². The summed E-state index contributed by atoms with van der Waals surface area (Å²) in [6.45, 7) is 1.31. The maximum absolute atomic E-state index is 12.2. The quantitative estimate of drug-likeness (QED) is 0.374. The molecule has 0 radical (unpaired) electrons. The molecule has 8 atom stereocenters. The normalized spacial score (nSPS) is 37.6. The zero-order chi connectivity index (χ0) is 21.7. The van der Waals surface area contributed by atoms with E-state index in [9.17, 15) is 30.0 Å². The second kappa shape index (κ2) is 10.5. The van der Waals surface area contributed by atoms with Crippen LogP contribution in [0.4, 0.5) is 0 Å². The summed E-state index contributed by atoms with van der Waals surface area (Å²) in [5, 5.41) is 39.4. The van der Waals surface area contributed by atoms with E-state index >= 15 is 0 Å². The molecule has 2 aliphatic rings. The van der Waals surface area contributed by atoms with Gasteiger partial charge in [0, 0.05) is 11.5 Å². The first-order valence-corrected chi connectivity index (χ1v) is 9.60. The SMILES string of the molecule is CC[C@@H]1[C@@H](O[C@H]2O[C@H](CO)[C@@H](O)[C@H](O)[C@H]2O)CC=C(C(=O)OC)[C@H]1CC(=O)OC. The Bertz CT molecular complexity index is 604. The number of ether oxygens (including phenoxy) is 4. The van der Waals surface area contributed by atoms with Crippen LogP contribution in [0, 0.1) is 11.8 Å². The summed E-state index contributed by atoms with van der Waals surface area (Å²) in [7, 11) is 2.52. The fraction of sp³-hybridized carbons (Fsp3) is 0.789. The van der Waals surface area contributed by atoms with Crippen molar-refractivity contribution < 1.29 is 49.0 Å². The Labute approximate surface area is 169 Å². The lowest BCUT2D eigenvalue weighted by molar-refractivity contribution is -0.316. The monoisotopic (exact) mass is 418 g/mol. The first-order chi connectivity index (χ1) is 13.8. The molecular formula is C19H30O10. The minimum atomic E-state index is -1.55. The highest BCUT2D eigenvalue weighted by Gasteiger charge is 2.47. The number of hydrogen-bond donors (Lipinski definition) is 4. The molecule has 1 heterocycles. The van der Waals surface area contributed by atoms with Crippen LogP contribution >= 0.6 is 0 Å². The Balaban J connectivity index is 2.24. The minimum Gasteiger partial charge on any atom is -0.469 e. The van der Waals surface area contributed by atoms with Crippen molar-refractivity contribution >= 4 is 11.9 Å². The molecular weight excluding hydrogens is 388 g/mol. The molecule has 1 fully saturated rings. The predicted octanol–water partition coefficient (Wildman–Crippen LogP) is -1.12. The van der Waals surface area contributed by atoms with Crippen LogP contribution in [0.15, 0.2) is 11.6 Å². The van der Waals surface area contributed by atoms with Crippen molar-refractivity contribution in [2.45, 2.75) is 63.0 Å². The van der Waals surface area contributed by atoms with E-state index in [-0.39, 0.29) is 18.8 Å². The molecule has 166 valence electrons. The summed E-state index contributed by atoms with van der Waals surface area (Å²) in [5.74, 6) is -1.86. The summed E-state index contributed by atoms with van der Waals surface area (Å²) in [6.07, 6.45) is -5.11. The van der Waals surface area contributed by atoms with E-state index in [1.54, 1.807) is 6.08 Å². The number of carbonyl (C=O) groups excluding carboxylic acids is 2. The fourth-order valence-corrected chi connectivity index (χ4v) is 3.99. The number of carbonyl (C=O) groups is 2. The standard InChI is InChI=1S/C19H30O10/c1-4-9-11(7-14(21)26-2)10(18(25)27-3)5-6-12(9)28-19-17(24)16(23)15(22)13(8-20)29-19/h5,9,11-13,15-17,19-20,22-24H,4,6-8H2,1-3H3/t9-,11-,12-,13+,15+,16-,17+,19-/m0/s1. The van der Waals surface area contributed by atoms with E-state index in [0.717, 1.165) is 0 Å². The smallest absolute Gasteiger partial charge is 0.333 e. The predicted molar refractivity (Wildman–Crippen MR) is 97.3 cm³/mol. The van der Waals surface area contributed by atoms with E-state index in [2.05, 4.69) is 0 Å². The van der Waals surface area contributed by atoms with Crippen LogP contribution in [-0.2, 0) is 28.5 Å². The van der Waals surface area contributed by atoms with Gasteiger partial charge in [-0.2, -0.15) is 0 Å². The van der Waals surface area contributed by atoms with E-state index in [0.29, 0.717) is 12.0 Å². The lowest BCUT2D eigenvalue weighted by atomic mass is 9.73. The van der Waals surface area contributed by atoms with Gasteiger partial charge in [-0.25, -0.2) is 4.79 Å². The van der Waals surface area contributed by atoms with E-state index in [1.807, 2.05) is 6.92 Å². The number of aliphatic hydroxyl groups excluding tert-OH is 4. The van der Waals surface area contributed by atoms with Gasteiger partial charge >= 0.3 is 11.9 Å². The highest BCUT2D eigenvalue weighted by atomic mass is 16.7. The van der Waals surface area contributed by atoms with Gasteiger partial charge in [0.25, 0.3) is 0 Å². The molecule has 0 unspecified atom stereocenters. The first kappa shape index (κ1) is 23.7. The van der Waals surface area contributed by atoms with Crippen LogP contribution in [0.1, 0.15) is 26.2 Å². The van der Waals surface area contributed by atoms with Crippen molar-refractivity contribution in [3.8, 4) is 0 Å². The summed E-state index contributed by atoms with van der Waals surface area (Å²) >= 11 is 0. The average molecular weight is 418 g/mol. The van der Waals surface area contributed by atoms with E-state index in [4.69, 9.17) is 18.9 Å². The molecule has 0 aromatic heterocycles. The highest BCUT2D eigenvalue weighted by Crippen LogP contribution is 2.39. The molecule has 10 heteroatoms. The Morgan fingerprint density at radius 1 is 1.14 bits per heavy atom. The number of hydrogen-bond acceptors (Lipinski definition) is 10. The van der Waals surface area contributed by atoms with Gasteiger partial charge in [-0.05, 0) is 12.3 Å². The van der Waals surface area contributed by atoms with Crippen LogP contribution in [0.25, 0.3) is 0 Å². The van der Waals surface area contributed by atoms with E-state index < -0.39 is 61.3 Å². The van der Waals surface area contributed by atoms with Crippen LogP contribution in [-0.4, -0.2) is 90.0 Å². The van der Waals surface area contributed by atoms with Crippen molar-refractivity contribution in [2.75, 3.05) is 20.8 Å². The van der Waals surface area contributed by atoms with E-state index in [1.165, 1.54) is 14.2 Å². The lowest BCUT2D eigenvalue weighted by Gasteiger charge is -2.43. The molecule has 1 aliphatic heterocycles. The molecule has 0 aromatic rings. The Hall–Kier alpha value is -1.56. The van der Waals surface area contributed by atoms with Crippen molar-refractivity contribution in [1.29, 1.82) is 0 Å². The van der Waals surface area contributed by atoms with Crippen LogP contribution in [0.5, 0.6) is 0 Å². The summed E-state index contributed by atoms with van der Waals surface area (Å²) in [6, 6.07) is 0. The molecule has 29 heavy (non-hydrogen) atoms. The van der Waals surface area contributed by atoms with Crippen molar-refractivity contribution in [3.05, 3.63) is 11.6 Å². The molecule has 0 bridgehead atoms. The van der Waals surface area contributed by atoms with Crippen LogP contribution in [0.3, 0.4) is 0 Å². The maximum atomic E-state index is 12.2. The van der Waals surface area contributed by atoms with Crippen molar-refractivity contribution in [2.24, 2.45) is 11.8 Å². The van der Waals surface area contributed by atoms with Gasteiger partial charge in [0.05, 0.1) is 33.4 Å². The van der Waals surface area contributed by atoms with Gasteiger partial charge in [-0.15, -0.1) is 0 Å². The summed E-state index contributed by atoms with van der Waals surface area (Å²) in [5.41, 5.74) is 0.360. The maximum Gasteiger partial charge on any atom is 0.333 e. The molecule has 4 N–H and O–H groups in total. The zero-order valence-electron chi connectivity index (χ0n) is 16.8. The third-order valence-corrected chi connectivity index (χ3v) is 5.63. The minimum absolute atomic E-state index is 0.0511. The first-order valence-electron chi connectivity index (χ1n) is 9.60. The van der Waals surface area contributed by atoms with Gasteiger partial charge in [-0.1, -0.05) is 19.4 Å². The van der Waals surface area contributed by atoms with Crippen molar-refractivity contribution in [3.63, 3.8) is 0 Å². The molecule has 0 spiro atoms. The highest BCUT2D eigenvalue weighted by molar-refractivity contribution is 5.90. The summed E-state index contributed by atoms with van der Waals surface area (Å²) < 4.78 is 20.9. The number of esters is 2. The number of methoxy groups -OCH3 is 2. The zero-order valence-corrected chi connectivity index (χ0v) is 16.8. The number of aliphatic hydroxyl groups is 4. The molecule has 10 nitrogen and oxygen atoms in total. The van der Waals surface area contributed by atoms with Gasteiger partial charge in [-0.3, -0.25) is 4.79 Å². The van der Waals surface area contributed by atoms with Gasteiger partial charge < -0.3 is 39.4 Å². The molecule has 0 saturated carbocycles. The fourth-order valence-electron chi connectivity index (χ4n) is 3.99. The molecule has 1 aliphatic carbocycles. The second-order valence-electron chi connectivity index (χ2n) is 7.22. The Morgan fingerprint density at radius 3 is 2.38 bits per heavy atom. The largest absolute Gasteiger partial charge is 0.469 e. The molecule has 0 aromatic carbocycles. The summed E-state index contributed by atoms with van der Waals surface area (Å²) in [4.78, 5) is 24.1. The average Bonchev–Trinajstić information content (AvgIpc) is 2.73. The molecule has 2 rings (SSSR count). The Morgan fingerprint density at radius 2 is 1.83 bits per heavy atom. The lowest BCUT2D eigenvalue weighted by Crippen LogP contribution is -2.60. The van der Waals surface area contributed by atoms with Gasteiger partial charge in [0.1, 0.15) is 24.4 Å². The van der Waals surface area contributed by atoms with Crippen LogP contribution in [0.2, 0.25) is 0 Å². The third kappa shape index (κ3) is 5.14.